The number of methoxy groups -OCH3 is 1. The number of urea groups is 1. The van der Waals surface area contributed by atoms with Crippen molar-refractivity contribution in [1.82, 2.24) is 9.80 Å². The molecule has 1 saturated carbocycles. The number of carbonyl (C=O) groups excluding carboxylic acids is 1. The van der Waals surface area contributed by atoms with Crippen molar-refractivity contribution in [3.05, 3.63) is 0 Å². The van der Waals surface area contributed by atoms with Crippen molar-refractivity contribution in [3.63, 3.8) is 0 Å². The molecule has 0 aromatic heterocycles. The van der Waals surface area contributed by atoms with Gasteiger partial charge in [-0.3, -0.25) is 0 Å². The smallest absolute Gasteiger partial charge is 0.320 e. The molecule has 2 heterocycles. The van der Waals surface area contributed by atoms with Gasteiger partial charge >= 0.3 is 6.03 Å². The summed E-state index contributed by atoms with van der Waals surface area (Å²) in [5.41, 5.74) is 0. The zero-order valence-electron chi connectivity index (χ0n) is 12.1. The fourth-order valence-corrected chi connectivity index (χ4v) is 3.46. The molecule has 0 radical (unpaired) electrons. The Balaban J connectivity index is 1.68. The molecule has 0 aromatic carbocycles. The Bertz CT molecular complexity index is 346. The quantitative estimate of drug-likeness (QED) is 0.711. The highest BCUT2D eigenvalue weighted by Gasteiger charge is 2.41. The highest BCUT2D eigenvalue weighted by atomic mass is 16.5. The van der Waals surface area contributed by atoms with E-state index in [-0.39, 0.29) is 24.3 Å². The number of nitrogens with zero attached hydrogens (tertiary/aromatic N) is 2. The van der Waals surface area contributed by atoms with Crippen LogP contribution in [0.3, 0.4) is 0 Å². The number of hydrogen-bond donors (Lipinski definition) is 0. The van der Waals surface area contributed by atoms with E-state index in [1.807, 2.05) is 9.80 Å². The van der Waals surface area contributed by atoms with Crippen LogP contribution in [0.1, 0.15) is 19.3 Å². The van der Waals surface area contributed by atoms with Crippen molar-refractivity contribution in [2.24, 2.45) is 0 Å². The maximum Gasteiger partial charge on any atom is 0.320 e. The highest BCUT2D eigenvalue weighted by Crippen LogP contribution is 2.30. The zero-order chi connectivity index (χ0) is 13.9. The third kappa shape index (κ3) is 2.77. The first kappa shape index (κ1) is 14.1. The van der Waals surface area contributed by atoms with Crippen LogP contribution in [-0.2, 0) is 14.2 Å². The van der Waals surface area contributed by atoms with Crippen molar-refractivity contribution in [1.29, 1.82) is 0 Å². The van der Waals surface area contributed by atoms with E-state index in [0.29, 0.717) is 39.5 Å². The summed E-state index contributed by atoms with van der Waals surface area (Å²) in [6.07, 6.45) is 3.32. The molecule has 0 spiro atoms. The third-order valence-corrected chi connectivity index (χ3v) is 4.63. The van der Waals surface area contributed by atoms with Gasteiger partial charge in [-0.2, -0.15) is 0 Å². The molecule has 0 bridgehead atoms. The van der Waals surface area contributed by atoms with E-state index in [9.17, 15) is 4.79 Å². The molecule has 6 nitrogen and oxygen atoms in total. The summed E-state index contributed by atoms with van der Waals surface area (Å²) in [5, 5.41) is 0. The minimum atomic E-state index is 0.142. The normalized spacial score (nSPS) is 34.8. The second-order valence-corrected chi connectivity index (χ2v) is 5.72. The molecular formula is C14H24N2O4. The monoisotopic (exact) mass is 284 g/mol. The first-order chi connectivity index (χ1) is 9.79. The predicted molar refractivity (Wildman–Crippen MR) is 72.7 cm³/mol. The summed E-state index contributed by atoms with van der Waals surface area (Å²) >= 11 is 0. The van der Waals surface area contributed by atoms with Crippen molar-refractivity contribution >= 4 is 6.03 Å². The van der Waals surface area contributed by atoms with Gasteiger partial charge in [-0.1, -0.05) is 0 Å². The van der Waals surface area contributed by atoms with Crippen LogP contribution < -0.4 is 0 Å². The van der Waals surface area contributed by atoms with Gasteiger partial charge in [0.15, 0.2) is 0 Å². The second-order valence-electron chi connectivity index (χ2n) is 5.72. The summed E-state index contributed by atoms with van der Waals surface area (Å²) in [5.74, 6) is 0. The van der Waals surface area contributed by atoms with Crippen LogP contribution in [0.15, 0.2) is 0 Å². The minimum absolute atomic E-state index is 0.142. The molecule has 6 heteroatoms. The lowest BCUT2D eigenvalue weighted by Gasteiger charge is -2.47. The van der Waals surface area contributed by atoms with E-state index >= 15 is 0 Å². The molecule has 3 rings (SSSR count). The number of fused-ring (bicyclic) bond motifs is 1. The fraction of sp³-hybridized carbons (Fsp3) is 0.929. The molecule has 114 valence electrons. The van der Waals surface area contributed by atoms with Crippen molar-refractivity contribution in [2.75, 3.05) is 46.6 Å². The molecule has 20 heavy (non-hydrogen) atoms. The third-order valence-electron chi connectivity index (χ3n) is 4.63. The molecule has 3 atom stereocenters. The number of carbonyl (C=O) groups is 1. The number of ether oxygens (including phenoxy) is 3. The number of rotatable bonds is 1. The van der Waals surface area contributed by atoms with Gasteiger partial charge in [-0.25, -0.2) is 4.79 Å². The molecule has 2 amide bonds. The Morgan fingerprint density at radius 3 is 2.70 bits per heavy atom. The molecular weight excluding hydrogens is 260 g/mol. The largest absolute Gasteiger partial charge is 0.381 e. The van der Waals surface area contributed by atoms with E-state index in [1.165, 1.54) is 0 Å². The van der Waals surface area contributed by atoms with Crippen LogP contribution in [-0.4, -0.2) is 80.6 Å². The lowest BCUT2D eigenvalue weighted by Crippen LogP contribution is -2.60. The van der Waals surface area contributed by atoms with Crippen LogP contribution in [0.4, 0.5) is 4.79 Å². The minimum Gasteiger partial charge on any atom is -0.381 e. The Kier molecular flexibility index (Phi) is 4.43. The number of amides is 2. The Labute approximate surface area is 119 Å². The van der Waals surface area contributed by atoms with E-state index in [1.54, 1.807) is 7.11 Å². The molecule has 1 aliphatic carbocycles. The van der Waals surface area contributed by atoms with Gasteiger partial charge in [-0.05, 0) is 19.3 Å². The lowest BCUT2D eigenvalue weighted by molar-refractivity contribution is -0.103. The SMILES string of the molecule is COC1CCC2OCCN(C(=O)N3CCOCC3)C2C1. The molecule has 0 aromatic rings. The van der Waals surface area contributed by atoms with Gasteiger partial charge in [-0.15, -0.1) is 0 Å². The fourth-order valence-electron chi connectivity index (χ4n) is 3.46. The van der Waals surface area contributed by atoms with Crippen molar-refractivity contribution in [2.45, 2.75) is 37.5 Å². The first-order valence-corrected chi connectivity index (χ1v) is 7.57. The van der Waals surface area contributed by atoms with Crippen molar-refractivity contribution < 1.29 is 19.0 Å². The zero-order valence-corrected chi connectivity index (χ0v) is 12.1. The molecule has 2 aliphatic heterocycles. The van der Waals surface area contributed by atoms with Gasteiger partial charge in [0.25, 0.3) is 0 Å². The Morgan fingerprint density at radius 1 is 1.15 bits per heavy atom. The molecule has 2 saturated heterocycles. The maximum absolute atomic E-state index is 12.7. The summed E-state index contributed by atoms with van der Waals surface area (Å²) in [7, 11) is 1.75. The van der Waals surface area contributed by atoms with Crippen LogP contribution in [0, 0.1) is 0 Å². The van der Waals surface area contributed by atoms with Gasteiger partial charge in [0.05, 0.1) is 38.1 Å². The Morgan fingerprint density at radius 2 is 1.95 bits per heavy atom. The average Bonchev–Trinajstić information content (AvgIpc) is 2.54. The standard InChI is InChI=1S/C14H24N2O4/c1-18-11-2-3-13-12(10-11)16(6-9-20-13)14(17)15-4-7-19-8-5-15/h11-13H,2-10H2,1H3. The van der Waals surface area contributed by atoms with E-state index in [4.69, 9.17) is 14.2 Å². The van der Waals surface area contributed by atoms with E-state index in [2.05, 4.69) is 0 Å². The first-order valence-electron chi connectivity index (χ1n) is 7.57. The van der Waals surface area contributed by atoms with Crippen LogP contribution in [0.5, 0.6) is 0 Å². The number of morpholine rings is 2. The van der Waals surface area contributed by atoms with Crippen LogP contribution in [0.25, 0.3) is 0 Å². The van der Waals surface area contributed by atoms with Gasteiger partial charge in [0.2, 0.25) is 0 Å². The van der Waals surface area contributed by atoms with Gasteiger partial charge in [0, 0.05) is 26.7 Å². The highest BCUT2D eigenvalue weighted by molar-refractivity contribution is 5.75. The summed E-state index contributed by atoms with van der Waals surface area (Å²) in [6, 6.07) is 0.307. The summed E-state index contributed by atoms with van der Waals surface area (Å²) in [6.45, 7) is 4.01. The topological polar surface area (TPSA) is 51.2 Å². The van der Waals surface area contributed by atoms with Gasteiger partial charge < -0.3 is 24.0 Å². The predicted octanol–water partition coefficient (Wildman–Crippen LogP) is 0.707. The second kappa shape index (κ2) is 6.28. The summed E-state index contributed by atoms with van der Waals surface area (Å²) < 4.78 is 16.7. The molecule has 3 fully saturated rings. The van der Waals surface area contributed by atoms with E-state index < -0.39 is 0 Å². The average molecular weight is 284 g/mol. The summed E-state index contributed by atoms with van der Waals surface area (Å²) in [4.78, 5) is 16.6. The van der Waals surface area contributed by atoms with E-state index in [0.717, 1.165) is 19.3 Å². The molecule has 3 aliphatic rings. The lowest BCUT2D eigenvalue weighted by atomic mass is 9.88. The van der Waals surface area contributed by atoms with Crippen molar-refractivity contribution in [3.8, 4) is 0 Å². The van der Waals surface area contributed by atoms with Crippen LogP contribution >= 0.6 is 0 Å². The molecule has 0 N–H and O–H groups in total. The van der Waals surface area contributed by atoms with Crippen LogP contribution in [0.2, 0.25) is 0 Å². The Hall–Kier alpha value is -0.850. The number of hydrogen-bond acceptors (Lipinski definition) is 4. The van der Waals surface area contributed by atoms with Gasteiger partial charge in [0.1, 0.15) is 0 Å². The molecule has 3 unspecified atom stereocenters. The maximum atomic E-state index is 12.7.